The lowest BCUT2D eigenvalue weighted by Gasteiger charge is -2.62. The minimum absolute atomic E-state index is 0.0736. The molecule has 0 aromatic heterocycles. The number of aliphatic hydroxyl groups excluding tert-OH is 2. The van der Waals surface area contributed by atoms with Crippen molar-refractivity contribution in [1.82, 2.24) is 0 Å². The Hall–Kier alpha value is -1.40. The molecule has 9 atom stereocenters. The molecule has 0 unspecified atom stereocenters. The molecule has 6 heteroatoms. The molecule has 4 aliphatic carbocycles. The van der Waals surface area contributed by atoms with Crippen molar-refractivity contribution in [3.05, 3.63) is 23.8 Å². The molecule has 0 radical (unpaired) electrons. The molecule has 0 saturated heterocycles. The molecule has 0 aromatic rings. The first-order chi connectivity index (χ1) is 13.0. The van der Waals surface area contributed by atoms with Crippen molar-refractivity contribution >= 4 is 11.6 Å². The number of rotatable bonds is 2. The highest BCUT2D eigenvalue weighted by Crippen LogP contribution is 2.70. The van der Waals surface area contributed by atoms with Gasteiger partial charge in [0.05, 0.1) is 6.10 Å². The molecule has 0 heterocycles. The maximum Gasteiger partial charge on any atom is 0.178 e. The summed E-state index contributed by atoms with van der Waals surface area (Å²) in [6.07, 6.45) is 1.52. The van der Waals surface area contributed by atoms with Gasteiger partial charge in [0.15, 0.2) is 17.2 Å². The lowest BCUT2D eigenvalue weighted by atomic mass is 9.45. The minimum atomic E-state index is -2.11. The molecule has 4 nitrogen and oxygen atoms in total. The molecule has 0 amide bonds. The van der Waals surface area contributed by atoms with E-state index in [1.165, 1.54) is 18.2 Å². The maximum atomic E-state index is 16.8. The average molecular weight is 394 g/mol. The Bertz CT molecular complexity index is 791. The summed E-state index contributed by atoms with van der Waals surface area (Å²) in [6, 6.07) is 0. The fourth-order valence-corrected chi connectivity index (χ4v) is 7.36. The first kappa shape index (κ1) is 19.9. The molecule has 28 heavy (non-hydrogen) atoms. The van der Waals surface area contributed by atoms with Gasteiger partial charge in [0.25, 0.3) is 0 Å². The van der Waals surface area contributed by atoms with Gasteiger partial charge in [0, 0.05) is 17.3 Å². The Balaban J connectivity index is 1.84. The molecular formula is C22H28F2O4. The van der Waals surface area contributed by atoms with Crippen LogP contribution in [0.25, 0.3) is 0 Å². The Morgan fingerprint density at radius 1 is 1.29 bits per heavy atom. The second-order valence-electron chi connectivity index (χ2n) is 9.76. The number of allylic oxidation sites excluding steroid dienone is 4. The molecule has 154 valence electrons. The largest absolute Gasteiger partial charge is 0.390 e. The van der Waals surface area contributed by atoms with Crippen LogP contribution in [0, 0.1) is 34.5 Å². The fraction of sp³-hybridized carbons (Fsp3) is 0.727. The number of Topliss-reactive ketones (excluding diaryl/α,β-unsaturated/α-hetero) is 1. The van der Waals surface area contributed by atoms with Gasteiger partial charge in [-0.25, -0.2) is 8.78 Å². The van der Waals surface area contributed by atoms with E-state index in [1.54, 1.807) is 6.92 Å². The lowest BCUT2D eigenvalue weighted by molar-refractivity contribution is -0.202. The van der Waals surface area contributed by atoms with Crippen LogP contribution in [-0.2, 0) is 9.59 Å². The summed E-state index contributed by atoms with van der Waals surface area (Å²) in [5.41, 5.74) is -4.09. The Labute approximate surface area is 163 Å². The smallest absolute Gasteiger partial charge is 0.178 e. The van der Waals surface area contributed by atoms with Crippen LogP contribution in [0.3, 0.4) is 0 Å². The monoisotopic (exact) mass is 394 g/mol. The van der Waals surface area contributed by atoms with Gasteiger partial charge in [-0.3, -0.25) is 9.59 Å². The Kier molecular flexibility index (Phi) is 4.30. The Morgan fingerprint density at radius 3 is 2.61 bits per heavy atom. The number of carbonyl (C=O) groups excluding carboxylic acids is 2. The molecule has 4 rings (SSSR count). The van der Waals surface area contributed by atoms with Crippen LogP contribution in [-0.4, -0.2) is 46.3 Å². The standard InChI is InChI=1S/C22H28F2O4/c1-11-6-13-14-8-16(23)15-7-12(26)4-5-21(15,3)22(14,24)18(28)9-20(13,2)19(11)17(27)10-25/h4-5,7,11,13-14,16,18-19,25,28H,6,8-10H2,1-3H3/t11-,13+,14+,16+,18+,19-,20-,21+,22+/m1/s1. The van der Waals surface area contributed by atoms with Crippen LogP contribution in [0.5, 0.6) is 0 Å². The van der Waals surface area contributed by atoms with Gasteiger partial charge in [-0.2, -0.15) is 0 Å². The molecule has 4 aliphatic rings. The molecular weight excluding hydrogens is 366 g/mol. The number of hydrogen-bond acceptors (Lipinski definition) is 4. The third-order valence-corrected chi connectivity index (χ3v) is 8.47. The lowest BCUT2D eigenvalue weighted by Crippen LogP contribution is -2.68. The highest BCUT2D eigenvalue weighted by molar-refractivity contribution is 6.01. The predicted molar refractivity (Wildman–Crippen MR) is 98.8 cm³/mol. The molecule has 0 spiro atoms. The van der Waals surface area contributed by atoms with Crippen molar-refractivity contribution in [1.29, 1.82) is 0 Å². The number of aliphatic hydroxyl groups is 2. The van der Waals surface area contributed by atoms with Crippen molar-refractivity contribution in [3.8, 4) is 0 Å². The van der Waals surface area contributed by atoms with Crippen molar-refractivity contribution in [2.75, 3.05) is 6.61 Å². The van der Waals surface area contributed by atoms with Crippen LogP contribution in [0.4, 0.5) is 8.78 Å². The van der Waals surface area contributed by atoms with Gasteiger partial charge >= 0.3 is 0 Å². The SMILES string of the molecule is C[C@@H]1C[C@H]2[C@@H]3C[C@H](F)C4=CC(=O)C=C[C@]4(C)[C@@]3(F)[C@@H](O)C[C@@]2(C)[C@H]1C(=O)CO. The van der Waals surface area contributed by atoms with E-state index in [-0.39, 0.29) is 41.8 Å². The minimum Gasteiger partial charge on any atom is -0.390 e. The first-order valence-corrected chi connectivity index (χ1v) is 10.1. The van der Waals surface area contributed by atoms with E-state index in [2.05, 4.69) is 0 Å². The Morgan fingerprint density at radius 2 is 1.96 bits per heavy atom. The number of halogens is 2. The second kappa shape index (κ2) is 6.05. The molecule has 0 aromatic carbocycles. The summed E-state index contributed by atoms with van der Waals surface area (Å²) in [5.74, 6) is -2.26. The van der Waals surface area contributed by atoms with E-state index in [0.717, 1.165) is 0 Å². The summed E-state index contributed by atoms with van der Waals surface area (Å²) in [6.45, 7) is 4.78. The van der Waals surface area contributed by atoms with Crippen LogP contribution >= 0.6 is 0 Å². The van der Waals surface area contributed by atoms with Crippen molar-refractivity contribution < 1.29 is 28.6 Å². The van der Waals surface area contributed by atoms with Gasteiger partial charge < -0.3 is 10.2 Å². The quantitative estimate of drug-likeness (QED) is 0.755. The van der Waals surface area contributed by atoms with E-state index in [9.17, 15) is 19.8 Å². The average Bonchev–Trinajstić information content (AvgIpc) is 2.89. The molecule has 3 saturated carbocycles. The maximum absolute atomic E-state index is 16.8. The molecule has 0 bridgehead atoms. The predicted octanol–water partition coefficient (Wildman–Crippen LogP) is 2.73. The van der Waals surface area contributed by atoms with Crippen LogP contribution in [0.1, 0.15) is 40.0 Å². The van der Waals surface area contributed by atoms with E-state index >= 15 is 8.78 Å². The topological polar surface area (TPSA) is 74.6 Å². The number of hydrogen-bond donors (Lipinski definition) is 2. The second-order valence-corrected chi connectivity index (χ2v) is 9.76. The van der Waals surface area contributed by atoms with Crippen molar-refractivity contribution in [2.24, 2.45) is 34.5 Å². The van der Waals surface area contributed by atoms with Crippen molar-refractivity contribution in [2.45, 2.75) is 58.0 Å². The number of ketones is 2. The summed E-state index contributed by atoms with van der Waals surface area (Å²) >= 11 is 0. The molecule has 0 aliphatic heterocycles. The van der Waals surface area contributed by atoms with Gasteiger partial charge in [-0.15, -0.1) is 0 Å². The van der Waals surface area contributed by atoms with Gasteiger partial charge in [0.1, 0.15) is 12.8 Å². The normalized spacial score (nSPS) is 52.5. The first-order valence-electron chi connectivity index (χ1n) is 10.1. The van der Waals surface area contributed by atoms with E-state index < -0.39 is 47.2 Å². The fourth-order valence-electron chi connectivity index (χ4n) is 7.36. The molecule has 3 fully saturated rings. The van der Waals surface area contributed by atoms with Gasteiger partial charge in [0.2, 0.25) is 0 Å². The molecule has 2 N–H and O–H groups in total. The van der Waals surface area contributed by atoms with Gasteiger partial charge in [-0.1, -0.05) is 19.9 Å². The third-order valence-electron chi connectivity index (χ3n) is 8.47. The van der Waals surface area contributed by atoms with E-state index in [4.69, 9.17) is 0 Å². The number of carbonyl (C=O) groups is 2. The highest BCUT2D eigenvalue weighted by atomic mass is 19.1. The van der Waals surface area contributed by atoms with Crippen LogP contribution < -0.4 is 0 Å². The summed E-state index contributed by atoms with van der Waals surface area (Å²) in [7, 11) is 0. The summed E-state index contributed by atoms with van der Waals surface area (Å²) < 4.78 is 32.0. The van der Waals surface area contributed by atoms with Crippen LogP contribution in [0.15, 0.2) is 23.8 Å². The number of fused-ring (bicyclic) bond motifs is 5. The van der Waals surface area contributed by atoms with Gasteiger partial charge in [-0.05, 0) is 61.2 Å². The zero-order valence-electron chi connectivity index (χ0n) is 16.5. The summed E-state index contributed by atoms with van der Waals surface area (Å²) in [5, 5.41) is 20.5. The van der Waals surface area contributed by atoms with Crippen LogP contribution in [0.2, 0.25) is 0 Å². The van der Waals surface area contributed by atoms with E-state index in [0.29, 0.717) is 6.42 Å². The summed E-state index contributed by atoms with van der Waals surface area (Å²) in [4.78, 5) is 24.3. The highest BCUT2D eigenvalue weighted by Gasteiger charge is 2.73. The van der Waals surface area contributed by atoms with Crippen molar-refractivity contribution in [3.63, 3.8) is 0 Å². The van der Waals surface area contributed by atoms with E-state index in [1.807, 2.05) is 13.8 Å². The zero-order valence-corrected chi connectivity index (χ0v) is 16.5. The number of alkyl halides is 2. The zero-order chi connectivity index (χ0) is 20.6. The third kappa shape index (κ3) is 2.22.